The number of carbonyl (C=O) groups excluding carboxylic acids is 2. The number of carbonyl (C=O) groups is 2. The van der Waals surface area contributed by atoms with Crippen molar-refractivity contribution >= 4 is 28.7 Å². The Balaban J connectivity index is 1.62. The number of unbranched alkanes of at least 4 members (excludes halogenated alkanes) is 1. The maximum atomic E-state index is 13.2. The van der Waals surface area contributed by atoms with Crippen LogP contribution in [-0.2, 0) is 4.79 Å². The molecular formula is C24H28N2O2. The summed E-state index contributed by atoms with van der Waals surface area (Å²) in [5.41, 5.74) is 1.83. The van der Waals surface area contributed by atoms with E-state index in [2.05, 4.69) is 25.1 Å². The molecule has 2 saturated heterocycles. The van der Waals surface area contributed by atoms with Gasteiger partial charge in [-0.15, -0.1) is 0 Å². The lowest BCUT2D eigenvalue weighted by Gasteiger charge is -2.41. The van der Waals surface area contributed by atoms with Crippen molar-refractivity contribution in [2.24, 2.45) is 0 Å². The molecule has 0 spiro atoms. The molecule has 0 aliphatic carbocycles. The third kappa shape index (κ3) is 3.32. The van der Waals surface area contributed by atoms with Crippen molar-refractivity contribution in [2.75, 3.05) is 13.1 Å². The molecular weight excluding hydrogens is 348 g/mol. The van der Waals surface area contributed by atoms with Crippen LogP contribution in [0.15, 0.2) is 42.5 Å². The highest BCUT2D eigenvalue weighted by Gasteiger charge is 2.42. The van der Waals surface area contributed by atoms with Gasteiger partial charge in [-0.3, -0.25) is 9.59 Å². The van der Waals surface area contributed by atoms with E-state index in [4.69, 9.17) is 0 Å². The van der Waals surface area contributed by atoms with Crippen LogP contribution >= 0.6 is 0 Å². The van der Waals surface area contributed by atoms with Crippen LogP contribution in [-0.4, -0.2) is 46.8 Å². The quantitative estimate of drug-likeness (QED) is 0.789. The normalized spacial score (nSPS) is 22.3. The molecule has 2 aromatic rings. The molecule has 0 aromatic heterocycles. The SMILES string of the molecule is CCC/C=C/c1cccc2cc(C(=O)N3C[C@H]4CCCN4C(=O)[C@H]3C)ccc12. The summed E-state index contributed by atoms with van der Waals surface area (Å²) in [4.78, 5) is 29.6. The molecule has 2 heterocycles. The van der Waals surface area contributed by atoms with Crippen molar-refractivity contribution in [1.82, 2.24) is 9.80 Å². The summed E-state index contributed by atoms with van der Waals surface area (Å²) in [6, 6.07) is 11.9. The van der Waals surface area contributed by atoms with Crippen LogP contribution in [0.4, 0.5) is 0 Å². The molecule has 0 N–H and O–H groups in total. The number of allylic oxidation sites excluding steroid dienone is 1. The number of amides is 2. The fourth-order valence-electron chi connectivity index (χ4n) is 4.46. The van der Waals surface area contributed by atoms with E-state index in [0.717, 1.165) is 43.0 Å². The van der Waals surface area contributed by atoms with Gasteiger partial charge >= 0.3 is 0 Å². The van der Waals surface area contributed by atoms with Crippen LogP contribution in [0.25, 0.3) is 16.8 Å². The number of benzene rings is 2. The Bertz CT molecular complexity index is 933. The highest BCUT2D eigenvalue weighted by atomic mass is 16.2. The predicted octanol–water partition coefficient (Wildman–Crippen LogP) is 4.49. The minimum atomic E-state index is -0.388. The Hall–Kier alpha value is -2.62. The van der Waals surface area contributed by atoms with E-state index in [-0.39, 0.29) is 23.9 Å². The van der Waals surface area contributed by atoms with Gasteiger partial charge in [0.15, 0.2) is 0 Å². The van der Waals surface area contributed by atoms with Crippen LogP contribution in [0.5, 0.6) is 0 Å². The van der Waals surface area contributed by atoms with Crippen molar-refractivity contribution in [2.45, 2.75) is 51.6 Å². The summed E-state index contributed by atoms with van der Waals surface area (Å²) >= 11 is 0. The molecule has 4 nitrogen and oxygen atoms in total. The molecule has 2 fully saturated rings. The monoisotopic (exact) mass is 376 g/mol. The third-order valence-electron chi connectivity index (χ3n) is 6.07. The molecule has 4 rings (SSSR count). The third-order valence-corrected chi connectivity index (χ3v) is 6.07. The summed E-state index contributed by atoms with van der Waals surface area (Å²) in [7, 11) is 0. The van der Waals surface area contributed by atoms with Crippen LogP contribution < -0.4 is 0 Å². The van der Waals surface area contributed by atoms with Gasteiger partial charge in [-0.1, -0.05) is 49.8 Å². The lowest BCUT2D eigenvalue weighted by molar-refractivity contribution is -0.141. The average molecular weight is 377 g/mol. The second kappa shape index (κ2) is 7.78. The van der Waals surface area contributed by atoms with Gasteiger partial charge in [-0.05, 0) is 54.7 Å². The molecule has 2 amide bonds. The highest BCUT2D eigenvalue weighted by Crippen LogP contribution is 2.28. The van der Waals surface area contributed by atoms with Crippen LogP contribution in [0.3, 0.4) is 0 Å². The predicted molar refractivity (Wildman–Crippen MR) is 113 cm³/mol. The second-order valence-electron chi connectivity index (χ2n) is 7.94. The van der Waals surface area contributed by atoms with E-state index >= 15 is 0 Å². The molecule has 2 aliphatic rings. The lowest BCUT2D eigenvalue weighted by Crippen LogP contribution is -2.60. The number of rotatable bonds is 4. The molecule has 0 bridgehead atoms. The van der Waals surface area contributed by atoms with Gasteiger partial charge in [0.05, 0.1) is 0 Å². The van der Waals surface area contributed by atoms with Crippen molar-refractivity contribution in [3.05, 3.63) is 53.6 Å². The minimum absolute atomic E-state index is 0.0405. The molecule has 2 atom stereocenters. The Kier molecular flexibility index (Phi) is 5.21. The van der Waals surface area contributed by atoms with Gasteiger partial charge in [0.2, 0.25) is 5.91 Å². The molecule has 0 unspecified atom stereocenters. The van der Waals surface area contributed by atoms with E-state index in [1.807, 2.05) is 42.2 Å². The van der Waals surface area contributed by atoms with E-state index in [9.17, 15) is 9.59 Å². The maximum Gasteiger partial charge on any atom is 0.254 e. The van der Waals surface area contributed by atoms with Crippen LogP contribution in [0.1, 0.15) is 55.5 Å². The lowest BCUT2D eigenvalue weighted by atomic mass is 10.00. The molecule has 28 heavy (non-hydrogen) atoms. The van der Waals surface area contributed by atoms with E-state index in [1.54, 1.807) is 4.90 Å². The zero-order chi connectivity index (χ0) is 19.7. The first kappa shape index (κ1) is 18.7. The molecule has 146 valence electrons. The van der Waals surface area contributed by atoms with Gasteiger partial charge < -0.3 is 9.80 Å². The summed E-state index contributed by atoms with van der Waals surface area (Å²) in [6.07, 6.45) is 8.58. The van der Waals surface area contributed by atoms with Crippen molar-refractivity contribution in [1.29, 1.82) is 0 Å². The Morgan fingerprint density at radius 2 is 2.11 bits per heavy atom. The van der Waals surface area contributed by atoms with E-state index < -0.39 is 0 Å². The largest absolute Gasteiger partial charge is 0.336 e. The number of piperazine rings is 1. The van der Waals surface area contributed by atoms with E-state index in [1.165, 1.54) is 5.56 Å². The first-order chi connectivity index (χ1) is 13.6. The van der Waals surface area contributed by atoms with E-state index in [0.29, 0.717) is 12.1 Å². The van der Waals surface area contributed by atoms with Gasteiger partial charge in [-0.25, -0.2) is 0 Å². The number of hydrogen-bond acceptors (Lipinski definition) is 2. The minimum Gasteiger partial charge on any atom is -0.336 e. The highest BCUT2D eigenvalue weighted by molar-refractivity contribution is 6.02. The molecule has 2 aliphatic heterocycles. The van der Waals surface area contributed by atoms with Crippen molar-refractivity contribution in [3.63, 3.8) is 0 Å². The Morgan fingerprint density at radius 1 is 1.25 bits per heavy atom. The topological polar surface area (TPSA) is 40.6 Å². The van der Waals surface area contributed by atoms with Crippen molar-refractivity contribution in [3.8, 4) is 0 Å². The number of fused-ring (bicyclic) bond motifs is 2. The van der Waals surface area contributed by atoms with Gasteiger partial charge in [0.25, 0.3) is 5.91 Å². The molecule has 0 radical (unpaired) electrons. The van der Waals surface area contributed by atoms with Gasteiger partial charge in [0, 0.05) is 24.7 Å². The summed E-state index contributed by atoms with van der Waals surface area (Å²) in [5.74, 6) is 0.0486. The number of hydrogen-bond donors (Lipinski definition) is 0. The molecule has 4 heteroatoms. The second-order valence-corrected chi connectivity index (χ2v) is 7.94. The zero-order valence-electron chi connectivity index (χ0n) is 16.7. The maximum absolute atomic E-state index is 13.2. The van der Waals surface area contributed by atoms with Crippen molar-refractivity contribution < 1.29 is 9.59 Å². The first-order valence-electron chi connectivity index (χ1n) is 10.4. The Morgan fingerprint density at radius 3 is 2.93 bits per heavy atom. The Labute approximate surface area is 166 Å². The van der Waals surface area contributed by atoms with Crippen LogP contribution in [0.2, 0.25) is 0 Å². The molecule has 0 saturated carbocycles. The van der Waals surface area contributed by atoms with Gasteiger partial charge in [0.1, 0.15) is 6.04 Å². The fourth-order valence-corrected chi connectivity index (χ4v) is 4.46. The summed E-state index contributed by atoms with van der Waals surface area (Å²) in [6.45, 7) is 5.50. The molecule has 2 aromatic carbocycles. The smallest absolute Gasteiger partial charge is 0.254 e. The van der Waals surface area contributed by atoms with Crippen LogP contribution in [0, 0.1) is 0 Å². The fraction of sp³-hybridized carbons (Fsp3) is 0.417. The number of nitrogens with zero attached hydrogens (tertiary/aromatic N) is 2. The first-order valence-corrected chi connectivity index (χ1v) is 10.4. The zero-order valence-corrected chi connectivity index (χ0v) is 16.7. The summed E-state index contributed by atoms with van der Waals surface area (Å²) < 4.78 is 0. The van der Waals surface area contributed by atoms with Gasteiger partial charge in [-0.2, -0.15) is 0 Å². The average Bonchev–Trinajstić information content (AvgIpc) is 3.19. The standard InChI is InChI=1S/C24H28N2O2/c1-3-4-5-8-18-9-6-10-19-15-20(12-13-22(18)19)24(28)26-16-21-11-7-14-25(21)23(27)17(26)2/h5-6,8-10,12-13,15,17,21H,3-4,7,11,14,16H2,1-2H3/b8-5+/t17-,21-/m1/s1. The summed E-state index contributed by atoms with van der Waals surface area (Å²) in [5, 5.41) is 2.21.